The summed E-state index contributed by atoms with van der Waals surface area (Å²) in [6.07, 6.45) is -0.665. The minimum absolute atomic E-state index is 0.438. The molecule has 1 aromatic rings. The average Bonchev–Trinajstić information content (AvgIpc) is 2.21. The highest BCUT2D eigenvalue weighted by atomic mass is 35.5. The number of thiol groups is 2. The Hall–Kier alpha value is -0.560. The van der Waals surface area contributed by atoms with Gasteiger partial charge in [-0.05, 0) is 77.5 Å². The predicted octanol–water partition coefficient (Wildman–Crippen LogP) is 3.32. The van der Waals surface area contributed by atoms with Gasteiger partial charge in [0.2, 0.25) is 0 Å². The Morgan fingerprint density at radius 1 is 1.28 bits per heavy atom. The predicted molar refractivity (Wildman–Crippen MR) is 81.6 cm³/mol. The fourth-order valence-corrected chi connectivity index (χ4v) is 1.17. The molecule has 0 unspecified atom stereocenters. The Balaban J connectivity index is 0.000000631. The van der Waals surface area contributed by atoms with E-state index in [-0.39, 0.29) is 0 Å². The van der Waals surface area contributed by atoms with Crippen LogP contribution in [0.25, 0.3) is 0 Å². The summed E-state index contributed by atoms with van der Waals surface area (Å²) in [6.45, 7) is 1.79. The fraction of sp³-hybridized carbons (Fsp3) is 0.364. The minimum atomic E-state index is -0.665. The summed E-state index contributed by atoms with van der Waals surface area (Å²) in [4.78, 5) is 13.1. The van der Waals surface area contributed by atoms with E-state index < -0.39 is 6.09 Å². The van der Waals surface area contributed by atoms with Crippen molar-refractivity contribution in [1.82, 2.24) is 8.61 Å². The average molecular weight is 309 g/mol. The summed E-state index contributed by atoms with van der Waals surface area (Å²) in [6, 6.07) is 4.95. The molecule has 0 saturated heterocycles. The molecule has 0 atom stereocenters. The van der Waals surface area contributed by atoms with Gasteiger partial charge in [0.05, 0.1) is 0 Å². The van der Waals surface area contributed by atoms with Crippen molar-refractivity contribution in [1.29, 1.82) is 0 Å². The summed E-state index contributed by atoms with van der Waals surface area (Å²) in [5.41, 5.74) is 0.773. The molecule has 1 aromatic carbocycles. The first kappa shape index (κ1) is 17.4. The van der Waals surface area contributed by atoms with Crippen LogP contribution in [-0.4, -0.2) is 35.8 Å². The second-order valence-corrected chi connectivity index (χ2v) is 5.46. The Kier molecular flexibility index (Phi) is 8.26. The SMILES string of the molecule is CN(C)C.Cc1cc(Cl)ccc1OC(=O)N(S)S. The lowest BCUT2D eigenvalue weighted by Crippen LogP contribution is -2.16. The van der Waals surface area contributed by atoms with E-state index in [1.54, 1.807) is 25.1 Å². The Bertz CT molecular complexity index is 398. The molecule has 0 aliphatic carbocycles. The van der Waals surface area contributed by atoms with Crippen LogP contribution in [0, 0.1) is 6.92 Å². The van der Waals surface area contributed by atoms with Gasteiger partial charge in [-0.15, -0.1) is 0 Å². The van der Waals surface area contributed by atoms with E-state index in [2.05, 4.69) is 25.6 Å². The van der Waals surface area contributed by atoms with Crippen LogP contribution in [0.5, 0.6) is 5.75 Å². The number of hydrogen-bond acceptors (Lipinski definition) is 5. The molecule has 0 fully saturated rings. The second-order valence-electron chi connectivity index (χ2n) is 3.91. The zero-order chi connectivity index (χ0) is 14.3. The van der Waals surface area contributed by atoms with Gasteiger partial charge in [0.1, 0.15) is 5.75 Å². The maximum absolute atomic E-state index is 11.1. The molecule has 0 spiro atoms. The molecule has 7 heteroatoms. The van der Waals surface area contributed by atoms with Gasteiger partial charge < -0.3 is 9.64 Å². The summed E-state index contributed by atoms with van der Waals surface area (Å²) in [7, 11) is 6.00. The summed E-state index contributed by atoms with van der Waals surface area (Å²) in [5, 5.41) is 0.593. The Morgan fingerprint density at radius 2 is 1.78 bits per heavy atom. The van der Waals surface area contributed by atoms with Crippen LogP contribution in [0.15, 0.2) is 18.2 Å². The quantitative estimate of drug-likeness (QED) is 0.781. The van der Waals surface area contributed by atoms with Crippen LogP contribution in [0.4, 0.5) is 4.79 Å². The van der Waals surface area contributed by atoms with Crippen molar-refractivity contribution in [3.63, 3.8) is 0 Å². The van der Waals surface area contributed by atoms with Crippen molar-refractivity contribution in [2.45, 2.75) is 6.92 Å². The molecular weight excluding hydrogens is 292 g/mol. The molecule has 1 amide bonds. The van der Waals surface area contributed by atoms with Gasteiger partial charge in [-0.1, -0.05) is 11.6 Å². The van der Waals surface area contributed by atoms with E-state index in [0.717, 1.165) is 9.27 Å². The maximum Gasteiger partial charge on any atom is 0.435 e. The molecule has 0 bridgehead atoms. The van der Waals surface area contributed by atoms with Gasteiger partial charge >= 0.3 is 6.09 Å². The van der Waals surface area contributed by atoms with Crippen LogP contribution in [0.2, 0.25) is 5.02 Å². The van der Waals surface area contributed by atoms with Crippen molar-refractivity contribution in [3.05, 3.63) is 28.8 Å². The Labute approximate surface area is 124 Å². The summed E-state index contributed by atoms with van der Waals surface area (Å²) < 4.78 is 5.70. The first-order valence-corrected chi connectivity index (χ1v) is 6.18. The molecule has 0 radical (unpaired) electrons. The number of carbonyl (C=O) groups is 1. The van der Waals surface area contributed by atoms with Gasteiger partial charge in [-0.3, -0.25) is 0 Å². The third-order valence-corrected chi connectivity index (χ3v) is 2.06. The number of nitrogens with zero attached hydrogens (tertiary/aromatic N) is 2. The van der Waals surface area contributed by atoms with E-state index >= 15 is 0 Å². The van der Waals surface area contributed by atoms with E-state index in [1.165, 1.54) is 0 Å². The van der Waals surface area contributed by atoms with Crippen molar-refractivity contribution >= 4 is 43.3 Å². The monoisotopic (exact) mass is 308 g/mol. The van der Waals surface area contributed by atoms with Gasteiger partial charge in [0.15, 0.2) is 0 Å². The molecule has 18 heavy (non-hydrogen) atoms. The lowest BCUT2D eigenvalue weighted by Gasteiger charge is -2.10. The van der Waals surface area contributed by atoms with Gasteiger partial charge in [0.25, 0.3) is 0 Å². The molecule has 0 saturated carbocycles. The minimum Gasteiger partial charge on any atom is -0.409 e. The standard InChI is InChI=1S/C8H8ClNO2S2.C3H9N/c1-5-4-6(9)2-3-7(5)12-8(11)10(13)14;1-4(2)3/h2-4,13-14H,1H3;1-3H3. The molecule has 4 nitrogen and oxygen atoms in total. The van der Waals surface area contributed by atoms with Crippen molar-refractivity contribution in [2.75, 3.05) is 21.1 Å². The van der Waals surface area contributed by atoms with Crippen molar-refractivity contribution in [2.24, 2.45) is 0 Å². The van der Waals surface area contributed by atoms with Gasteiger partial charge in [0, 0.05) is 5.02 Å². The van der Waals surface area contributed by atoms with Crippen molar-refractivity contribution < 1.29 is 9.53 Å². The zero-order valence-electron chi connectivity index (χ0n) is 10.7. The number of aryl methyl sites for hydroxylation is 1. The number of benzene rings is 1. The molecule has 0 aliphatic heterocycles. The highest BCUT2D eigenvalue weighted by Crippen LogP contribution is 2.22. The van der Waals surface area contributed by atoms with Gasteiger partial charge in [-0.25, -0.2) is 4.79 Å². The van der Waals surface area contributed by atoms with E-state index in [0.29, 0.717) is 10.8 Å². The number of rotatable bonds is 1. The smallest absolute Gasteiger partial charge is 0.409 e. The van der Waals surface area contributed by atoms with E-state index in [1.807, 2.05) is 26.0 Å². The largest absolute Gasteiger partial charge is 0.435 e. The van der Waals surface area contributed by atoms with Gasteiger partial charge in [-0.2, -0.15) is 3.71 Å². The molecule has 0 N–H and O–H groups in total. The highest BCUT2D eigenvalue weighted by molar-refractivity contribution is 7.94. The molecule has 102 valence electrons. The fourth-order valence-electron chi connectivity index (χ4n) is 0.862. The first-order chi connectivity index (χ1) is 8.23. The Morgan fingerprint density at radius 3 is 2.17 bits per heavy atom. The number of carbonyl (C=O) groups excluding carboxylic acids is 1. The number of hydrogen-bond donors (Lipinski definition) is 2. The normalized spacial score (nSPS) is 9.56. The third-order valence-electron chi connectivity index (χ3n) is 1.50. The maximum atomic E-state index is 11.1. The van der Waals surface area contributed by atoms with Crippen LogP contribution >= 0.6 is 37.2 Å². The number of halogens is 1. The zero-order valence-corrected chi connectivity index (χ0v) is 13.3. The van der Waals surface area contributed by atoms with Crippen LogP contribution < -0.4 is 4.74 Å². The molecule has 0 aliphatic rings. The number of amides is 1. The molecule has 0 heterocycles. The summed E-state index contributed by atoms with van der Waals surface area (Å²) in [5.74, 6) is 0.438. The molecule has 1 rings (SSSR count). The molecule has 0 aromatic heterocycles. The summed E-state index contributed by atoms with van der Waals surface area (Å²) >= 11 is 13.1. The lowest BCUT2D eigenvalue weighted by atomic mass is 10.2. The van der Waals surface area contributed by atoms with E-state index in [9.17, 15) is 4.79 Å². The topological polar surface area (TPSA) is 32.8 Å². The number of ether oxygens (including phenoxy) is 1. The third kappa shape index (κ3) is 7.71. The van der Waals surface area contributed by atoms with Crippen LogP contribution in [0.1, 0.15) is 5.56 Å². The highest BCUT2D eigenvalue weighted by Gasteiger charge is 2.10. The van der Waals surface area contributed by atoms with Crippen LogP contribution in [0.3, 0.4) is 0 Å². The van der Waals surface area contributed by atoms with E-state index in [4.69, 9.17) is 16.3 Å². The first-order valence-electron chi connectivity index (χ1n) is 5.00. The van der Waals surface area contributed by atoms with Crippen LogP contribution in [-0.2, 0) is 0 Å². The van der Waals surface area contributed by atoms with Crippen molar-refractivity contribution in [3.8, 4) is 5.75 Å². The molecular formula is C11H17ClN2O2S2. The second kappa shape index (κ2) is 8.53. The lowest BCUT2D eigenvalue weighted by molar-refractivity contribution is 0.197.